The Bertz CT molecular complexity index is 1280. The van der Waals surface area contributed by atoms with E-state index >= 15 is 0 Å². The number of carbonyl (C=O) groups excluding carboxylic acids is 4. The molecule has 1 aromatic rings. The van der Waals surface area contributed by atoms with E-state index in [1.165, 1.54) is 0 Å². The third-order valence-electron chi connectivity index (χ3n) is 8.56. The molecule has 4 heterocycles. The zero-order valence-corrected chi connectivity index (χ0v) is 24.7. The third kappa shape index (κ3) is 5.47. The van der Waals surface area contributed by atoms with Crippen LogP contribution in [-0.4, -0.2) is 83.8 Å². The van der Waals surface area contributed by atoms with Crippen LogP contribution in [0.3, 0.4) is 0 Å². The molecule has 2 saturated heterocycles. The highest BCUT2D eigenvalue weighted by atomic mass is 35.5. The van der Waals surface area contributed by atoms with Crippen LogP contribution in [-0.2, 0) is 28.7 Å². The molecular formula is C31H38ClN3O7. The van der Waals surface area contributed by atoms with Gasteiger partial charge in [-0.15, -0.1) is 0 Å². The number of anilines is 1. The lowest BCUT2D eigenvalue weighted by atomic mass is 9.74. The number of nitrogens with one attached hydrogen (secondary N) is 1. The van der Waals surface area contributed by atoms with E-state index in [1.807, 2.05) is 31.2 Å². The van der Waals surface area contributed by atoms with Gasteiger partial charge >= 0.3 is 5.97 Å². The van der Waals surface area contributed by atoms with Crippen LogP contribution < -0.4 is 10.2 Å². The second kappa shape index (κ2) is 12.6. The minimum atomic E-state index is -1.35. The minimum Gasteiger partial charge on any atom is -0.460 e. The molecule has 5 bridgehead atoms. The number of hydrogen-bond donors (Lipinski definition) is 2. The summed E-state index contributed by atoms with van der Waals surface area (Å²) < 4.78 is 12.1. The van der Waals surface area contributed by atoms with E-state index < -0.39 is 41.7 Å². The second-order valence-electron chi connectivity index (χ2n) is 11.4. The number of fused-ring (bicyclic) bond motifs is 2. The average Bonchev–Trinajstić information content (AvgIpc) is 3.59. The zero-order valence-electron chi connectivity index (χ0n) is 24.0. The number of ether oxygens (including phenoxy) is 2. The van der Waals surface area contributed by atoms with Crippen molar-refractivity contribution in [2.24, 2.45) is 11.8 Å². The maximum Gasteiger partial charge on any atom is 0.313 e. The largest absolute Gasteiger partial charge is 0.460 e. The molecule has 2 fully saturated rings. The van der Waals surface area contributed by atoms with Crippen LogP contribution in [0.1, 0.15) is 44.6 Å². The Kier molecular flexibility index (Phi) is 9.05. The Balaban J connectivity index is 1.59. The average molecular weight is 600 g/mol. The number of esters is 1. The summed E-state index contributed by atoms with van der Waals surface area (Å²) in [5, 5.41) is 12.5. The molecule has 11 heteroatoms. The van der Waals surface area contributed by atoms with E-state index in [1.54, 1.807) is 34.9 Å². The summed E-state index contributed by atoms with van der Waals surface area (Å²) >= 11 is 6.67. The number of allylic oxidation sites excluding steroid dienone is 1. The van der Waals surface area contributed by atoms with Crippen LogP contribution >= 0.6 is 11.6 Å². The molecule has 2 N–H and O–H groups in total. The Morgan fingerprint density at radius 3 is 2.69 bits per heavy atom. The molecule has 6 atom stereocenters. The fraction of sp³-hybridized carbons (Fsp3) is 0.548. The van der Waals surface area contributed by atoms with Crippen LogP contribution in [0, 0.1) is 18.8 Å². The van der Waals surface area contributed by atoms with Gasteiger partial charge in [0.2, 0.25) is 11.8 Å². The van der Waals surface area contributed by atoms with Crippen molar-refractivity contribution in [3.8, 4) is 0 Å². The maximum absolute atomic E-state index is 14.8. The number of unbranched alkanes of at least 4 members (excludes halogenated alkanes) is 2. The van der Waals surface area contributed by atoms with Crippen LogP contribution in [0.2, 0.25) is 5.02 Å². The molecule has 1 spiro atoms. The lowest BCUT2D eigenvalue weighted by Gasteiger charge is -2.36. The fourth-order valence-corrected chi connectivity index (χ4v) is 6.93. The number of aryl methyl sites for hydroxylation is 1. The number of aliphatic hydroxyl groups excluding tert-OH is 1. The molecule has 4 aliphatic rings. The molecule has 4 aliphatic heterocycles. The van der Waals surface area contributed by atoms with Gasteiger partial charge in [-0.3, -0.25) is 19.2 Å². The number of amides is 3. The quantitative estimate of drug-likeness (QED) is 0.293. The molecule has 1 aromatic carbocycles. The molecule has 0 saturated carbocycles. The zero-order chi connectivity index (χ0) is 30.0. The van der Waals surface area contributed by atoms with Crippen molar-refractivity contribution in [1.82, 2.24) is 10.2 Å². The molecule has 42 heavy (non-hydrogen) atoms. The van der Waals surface area contributed by atoms with Gasteiger partial charge < -0.3 is 29.7 Å². The number of rotatable bonds is 6. The van der Waals surface area contributed by atoms with E-state index in [2.05, 4.69) is 5.32 Å². The SMILES string of the molecule is Cc1cccc(Cl)c1N1C/C=C\CCC(=O)NC[C@@H](C)OC(=O)[C@@H]2[C@@H]3C=C[C@]4(O3)[C@H](C1=O)N(CCCCCO)C(=O)[C@@H]24. The number of halogens is 1. The highest BCUT2D eigenvalue weighted by Gasteiger charge is 2.73. The number of hydrogen-bond acceptors (Lipinski definition) is 7. The van der Waals surface area contributed by atoms with Gasteiger partial charge in [0.25, 0.3) is 5.91 Å². The molecule has 10 nitrogen and oxygen atoms in total. The number of cyclic esters (lactones) is 1. The van der Waals surface area contributed by atoms with E-state index in [0.717, 1.165) is 5.56 Å². The highest BCUT2D eigenvalue weighted by Crippen LogP contribution is 2.56. The minimum absolute atomic E-state index is 0.0366. The topological polar surface area (TPSA) is 125 Å². The Morgan fingerprint density at radius 2 is 1.93 bits per heavy atom. The number of carbonyl (C=O) groups is 4. The van der Waals surface area contributed by atoms with Crippen molar-refractivity contribution in [2.45, 2.75) is 69.8 Å². The molecule has 5 rings (SSSR count). The van der Waals surface area contributed by atoms with Crippen LogP contribution in [0.4, 0.5) is 5.69 Å². The summed E-state index contributed by atoms with van der Waals surface area (Å²) in [6.45, 7) is 4.16. The van der Waals surface area contributed by atoms with E-state index in [0.29, 0.717) is 36.4 Å². The van der Waals surface area contributed by atoms with Crippen LogP contribution in [0.5, 0.6) is 0 Å². The van der Waals surface area contributed by atoms with Gasteiger partial charge in [0.1, 0.15) is 23.7 Å². The first-order chi connectivity index (χ1) is 20.2. The molecule has 3 amide bonds. The lowest BCUT2D eigenvalue weighted by molar-refractivity contribution is -0.158. The van der Waals surface area contributed by atoms with Gasteiger partial charge in [-0.05, 0) is 51.2 Å². The smallest absolute Gasteiger partial charge is 0.313 e. The summed E-state index contributed by atoms with van der Waals surface area (Å²) in [6, 6.07) is 4.35. The van der Waals surface area contributed by atoms with E-state index in [9.17, 15) is 24.3 Å². The summed E-state index contributed by atoms with van der Waals surface area (Å²) in [4.78, 5) is 57.9. The predicted molar refractivity (Wildman–Crippen MR) is 156 cm³/mol. The van der Waals surface area contributed by atoms with Crippen molar-refractivity contribution in [3.63, 3.8) is 0 Å². The van der Waals surface area contributed by atoms with Gasteiger partial charge in [-0.2, -0.15) is 0 Å². The lowest BCUT2D eigenvalue weighted by Crippen LogP contribution is -2.56. The van der Waals surface area contributed by atoms with Crippen molar-refractivity contribution in [1.29, 1.82) is 0 Å². The van der Waals surface area contributed by atoms with Crippen molar-refractivity contribution >= 4 is 41.0 Å². The second-order valence-corrected chi connectivity index (χ2v) is 11.8. The molecule has 0 radical (unpaired) electrons. The Morgan fingerprint density at radius 1 is 1.12 bits per heavy atom. The maximum atomic E-state index is 14.8. The van der Waals surface area contributed by atoms with Gasteiger partial charge in [0.05, 0.1) is 29.3 Å². The summed E-state index contributed by atoms with van der Waals surface area (Å²) in [5.74, 6) is -3.34. The van der Waals surface area contributed by atoms with Gasteiger partial charge in [0.15, 0.2) is 0 Å². The number of benzene rings is 1. The Labute approximate surface area is 250 Å². The fourth-order valence-electron chi connectivity index (χ4n) is 6.61. The number of aliphatic hydroxyl groups is 1. The van der Waals surface area contributed by atoms with Gasteiger partial charge in [-0.25, -0.2) is 0 Å². The molecule has 0 aromatic heterocycles. The molecule has 226 valence electrons. The van der Waals surface area contributed by atoms with Crippen LogP contribution in [0.25, 0.3) is 0 Å². The standard InChI is InChI=1S/C31H38ClN3O7/c1-19-10-9-11-21(32)26(19)34-15-6-3-5-12-23(37)33-18-20(2)41-30(40)24-22-13-14-31(42-22)25(24)28(38)35(27(31)29(34)39)16-7-4-8-17-36/h3,6,9-11,13-14,20,22,24-25,27,36H,4-5,7-8,12,15-18H2,1-2H3,(H,33,37)/b6-3-/t20-,22+,24-,25-,27+,31-/m1/s1. The van der Waals surface area contributed by atoms with Crippen molar-refractivity contribution < 1.29 is 33.8 Å². The summed E-state index contributed by atoms with van der Waals surface area (Å²) in [5.41, 5.74) is -0.0366. The molecule has 0 unspecified atom stereocenters. The normalized spacial score (nSPS) is 32.2. The summed E-state index contributed by atoms with van der Waals surface area (Å²) in [7, 11) is 0. The number of para-hydroxylation sites is 1. The van der Waals surface area contributed by atoms with Gasteiger partial charge in [0, 0.05) is 26.1 Å². The van der Waals surface area contributed by atoms with Crippen LogP contribution in [0.15, 0.2) is 42.5 Å². The van der Waals surface area contributed by atoms with E-state index in [-0.39, 0.29) is 50.4 Å². The van der Waals surface area contributed by atoms with Gasteiger partial charge in [-0.1, -0.05) is 48.0 Å². The molecule has 0 aliphatic carbocycles. The van der Waals surface area contributed by atoms with Crippen molar-refractivity contribution in [2.75, 3.05) is 31.1 Å². The first-order valence-corrected chi connectivity index (χ1v) is 15.0. The molecular weight excluding hydrogens is 562 g/mol. The summed E-state index contributed by atoms with van der Waals surface area (Å²) in [6.07, 6.45) is 8.36. The monoisotopic (exact) mass is 599 g/mol. The Hall–Kier alpha value is -3.21. The third-order valence-corrected chi connectivity index (χ3v) is 8.86. The number of nitrogens with zero attached hydrogens (tertiary/aromatic N) is 2. The first kappa shape index (κ1) is 30.3. The first-order valence-electron chi connectivity index (χ1n) is 14.7. The predicted octanol–water partition coefficient (Wildman–Crippen LogP) is 2.69. The van der Waals surface area contributed by atoms with E-state index in [4.69, 9.17) is 21.1 Å². The van der Waals surface area contributed by atoms with Crippen molar-refractivity contribution in [3.05, 3.63) is 53.1 Å². The highest BCUT2D eigenvalue weighted by molar-refractivity contribution is 6.34. The number of likely N-dealkylation sites (tertiary alicyclic amines) is 1.